The summed E-state index contributed by atoms with van der Waals surface area (Å²) >= 11 is 7.95. The second-order valence-electron chi connectivity index (χ2n) is 6.71. The quantitative estimate of drug-likeness (QED) is 0.0855. The summed E-state index contributed by atoms with van der Waals surface area (Å²) in [7, 11) is 0. The van der Waals surface area contributed by atoms with Crippen LogP contribution in [0.15, 0.2) is 0 Å². The van der Waals surface area contributed by atoms with Crippen molar-refractivity contribution >= 4 is 54.9 Å². The monoisotopic (exact) mass is 481 g/mol. The van der Waals surface area contributed by atoms with E-state index in [-0.39, 0.29) is 24.3 Å². The Morgan fingerprint density at radius 3 is 1.81 bits per heavy atom. The number of carboxylic acids is 2. The van der Waals surface area contributed by atoms with E-state index in [4.69, 9.17) is 21.7 Å². The number of hydrogen-bond donors (Lipinski definition) is 9. The summed E-state index contributed by atoms with van der Waals surface area (Å²) in [5.41, 5.74) is 11.1. The molecule has 0 aromatic heterocycles. The predicted octanol–water partition coefficient (Wildman–Crippen LogP) is -2.29. The molecule has 0 aliphatic heterocycles. The van der Waals surface area contributed by atoms with Crippen molar-refractivity contribution in [2.75, 3.05) is 18.1 Å². The summed E-state index contributed by atoms with van der Waals surface area (Å²) in [5.74, 6) is -4.83. The third-order valence-electron chi connectivity index (χ3n) is 4.19. The lowest BCUT2D eigenvalue weighted by Gasteiger charge is -2.24. The van der Waals surface area contributed by atoms with Gasteiger partial charge in [0.25, 0.3) is 0 Å². The summed E-state index contributed by atoms with van der Waals surface area (Å²) in [5, 5.41) is 25.0. The van der Waals surface area contributed by atoms with E-state index in [0.29, 0.717) is 19.4 Å². The van der Waals surface area contributed by atoms with E-state index in [9.17, 15) is 24.0 Å². The van der Waals surface area contributed by atoms with Crippen LogP contribution in [0.3, 0.4) is 0 Å². The van der Waals surface area contributed by atoms with Gasteiger partial charge in [-0.15, -0.1) is 0 Å². The third kappa shape index (κ3) is 11.8. The van der Waals surface area contributed by atoms with E-state index in [1.54, 1.807) is 0 Å². The molecular formula is C17H31N5O7S2. The van der Waals surface area contributed by atoms with Crippen molar-refractivity contribution in [2.24, 2.45) is 11.5 Å². The van der Waals surface area contributed by atoms with Crippen molar-refractivity contribution in [3.8, 4) is 0 Å². The molecule has 4 atom stereocenters. The van der Waals surface area contributed by atoms with Gasteiger partial charge in [0.05, 0.1) is 6.04 Å². The van der Waals surface area contributed by atoms with Gasteiger partial charge in [0, 0.05) is 17.9 Å². The topological polar surface area (TPSA) is 214 Å². The number of aliphatic carboxylic acids is 2. The Hall–Kier alpha value is -2.03. The summed E-state index contributed by atoms with van der Waals surface area (Å²) < 4.78 is 0. The fraction of sp³-hybridized carbons (Fsp3) is 0.706. The highest BCUT2D eigenvalue weighted by Crippen LogP contribution is 2.04. The van der Waals surface area contributed by atoms with Gasteiger partial charge in [0.2, 0.25) is 17.7 Å². The maximum absolute atomic E-state index is 12.7. The Morgan fingerprint density at radius 2 is 1.32 bits per heavy atom. The molecule has 0 radical (unpaired) electrons. The summed E-state index contributed by atoms with van der Waals surface area (Å²) in [6, 6.07) is -4.59. The summed E-state index contributed by atoms with van der Waals surface area (Å²) in [6.07, 6.45) is 0.585. The van der Waals surface area contributed by atoms with Crippen molar-refractivity contribution in [1.82, 2.24) is 16.0 Å². The van der Waals surface area contributed by atoms with Gasteiger partial charge in [-0.25, -0.2) is 4.79 Å². The van der Waals surface area contributed by atoms with Crippen molar-refractivity contribution < 1.29 is 34.2 Å². The molecular weight excluding hydrogens is 450 g/mol. The van der Waals surface area contributed by atoms with Gasteiger partial charge < -0.3 is 37.6 Å². The van der Waals surface area contributed by atoms with E-state index in [1.165, 1.54) is 0 Å². The minimum atomic E-state index is -1.45. The number of nitrogens with one attached hydrogen (secondary N) is 3. The standard InChI is InChI=1S/C17H31N5O7S2/c18-6-2-1-3-10(20-14(25)9(19)7-30)15(26)22-12(8-31)16(27)21-11(17(28)29)4-5-13(23)24/h9-12,30-31H,1-8,18-19H2,(H,20,25)(H,21,27)(H,22,26)(H,23,24)(H,28,29). The Balaban J connectivity index is 5.17. The van der Waals surface area contributed by atoms with Crippen molar-refractivity contribution in [1.29, 1.82) is 0 Å². The van der Waals surface area contributed by atoms with Gasteiger partial charge in [-0.05, 0) is 32.2 Å². The number of carbonyl (C=O) groups is 5. The lowest BCUT2D eigenvalue weighted by Crippen LogP contribution is -2.57. The minimum absolute atomic E-state index is 0.0670. The SMILES string of the molecule is NCCCCC(NC(=O)C(N)CS)C(=O)NC(CS)C(=O)NC(CCC(=O)O)C(=O)O. The molecule has 178 valence electrons. The third-order valence-corrected chi connectivity index (χ3v) is 4.95. The molecule has 0 aliphatic carbocycles. The Kier molecular flexibility index (Phi) is 14.7. The molecule has 0 saturated heterocycles. The highest BCUT2D eigenvalue weighted by atomic mass is 32.1. The molecule has 3 amide bonds. The van der Waals surface area contributed by atoms with Crippen molar-refractivity contribution in [3.05, 3.63) is 0 Å². The van der Waals surface area contributed by atoms with Gasteiger partial charge in [-0.3, -0.25) is 19.2 Å². The second kappa shape index (κ2) is 15.7. The van der Waals surface area contributed by atoms with Crippen LogP contribution >= 0.6 is 25.3 Å². The first-order valence-electron chi connectivity index (χ1n) is 9.60. The van der Waals surface area contributed by atoms with E-state index in [1.807, 2.05) is 0 Å². The summed E-state index contributed by atoms with van der Waals surface area (Å²) in [4.78, 5) is 59.1. The number of nitrogens with two attached hydrogens (primary N) is 2. The smallest absolute Gasteiger partial charge is 0.326 e. The number of thiol groups is 2. The van der Waals surface area contributed by atoms with Gasteiger partial charge in [0.1, 0.15) is 18.1 Å². The highest BCUT2D eigenvalue weighted by Gasteiger charge is 2.29. The molecule has 4 unspecified atom stereocenters. The first-order valence-corrected chi connectivity index (χ1v) is 10.9. The Bertz CT molecular complexity index is 638. The van der Waals surface area contributed by atoms with Gasteiger partial charge >= 0.3 is 11.9 Å². The van der Waals surface area contributed by atoms with E-state index in [2.05, 4.69) is 41.2 Å². The largest absolute Gasteiger partial charge is 0.481 e. The van der Waals surface area contributed by atoms with Crippen LogP contribution in [0, 0.1) is 0 Å². The van der Waals surface area contributed by atoms with Crippen LogP contribution in [-0.2, 0) is 24.0 Å². The lowest BCUT2D eigenvalue weighted by atomic mass is 10.1. The number of unbranched alkanes of at least 4 members (excludes halogenated alkanes) is 1. The number of amides is 3. The molecule has 0 aliphatic rings. The average Bonchev–Trinajstić information content (AvgIpc) is 2.72. The van der Waals surface area contributed by atoms with Crippen LogP contribution in [0.25, 0.3) is 0 Å². The molecule has 31 heavy (non-hydrogen) atoms. The maximum Gasteiger partial charge on any atom is 0.326 e. The zero-order valence-corrected chi connectivity index (χ0v) is 18.7. The van der Waals surface area contributed by atoms with Crippen LogP contribution in [0.4, 0.5) is 0 Å². The molecule has 0 bridgehead atoms. The van der Waals surface area contributed by atoms with E-state index in [0.717, 1.165) is 0 Å². The molecule has 9 N–H and O–H groups in total. The molecule has 0 spiro atoms. The first-order chi connectivity index (χ1) is 14.6. The zero-order valence-electron chi connectivity index (χ0n) is 17.0. The number of rotatable bonds is 16. The zero-order chi connectivity index (χ0) is 24.0. The second-order valence-corrected chi connectivity index (χ2v) is 7.44. The predicted molar refractivity (Wildman–Crippen MR) is 119 cm³/mol. The van der Waals surface area contributed by atoms with Gasteiger partial charge in [-0.1, -0.05) is 0 Å². The minimum Gasteiger partial charge on any atom is -0.481 e. The van der Waals surface area contributed by atoms with E-state index < -0.39 is 60.2 Å². The molecule has 0 saturated carbocycles. The molecule has 0 rings (SSSR count). The van der Waals surface area contributed by atoms with Crippen LogP contribution in [0.2, 0.25) is 0 Å². The van der Waals surface area contributed by atoms with Gasteiger partial charge in [0.15, 0.2) is 0 Å². The Labute approximate surface area is 191 Å². The fourth-order valence-electron chi connectivity index (χ4n) is 2.39. The molecule has 0 aromatic rings. The first kappa shape index (κ1) is 29.0. The van der Waals surface area contributed by atoms with Crippen LogP contribution in [0.1, 0.15) is 32.1 Å². The molecule has 0 fully saturated rings. The highest BCUT2D eigenvalue weighted by molar-refractivity contribution is 7.80. The average molecular weight is 482 g/mol. The number of carboxylic acid groups (broad SMARTS) is 2. The van der Waals surface area contributed by atoms with E-state index >= 15 is 0 Å². The van der Waals surface area contributed by atoms with Crippen molar-refractivity contribution in [3.63, 3.8) is 0 Å². The van der Waals surface area contributed by atoms with Crippen LogP contribution in [-0.4, -0.2) is 82.1 Å². The molecule has 14 heteroatoms. The number of carbonyl (C=O) groups excluding carboxylic acids is 3. The Morgan fingerprint density at radius 1 is 0.774 bits per heavy atom. The normalized spacial score (nSPS) is 14.6. The van der Waals surface area contributed by atoms with Crippen molar-refractivity contribution in [2.45, 2.75) is 56.3 Å². The lowest BCUT2D eigenvalue weighted by molar-refractivity contribution is -0.143. The molecule has 12 nitrogen and oxygen atoms in total. The van der Waals surface area contributed by atoms with Crippen LogP contribution in [0.5, 0.6) is 0 Å². The maximum atomic E-state index is 12.7. The molecule has 0 aromatic carbocycles. The van der Waals surface area contributed by atoms with Gasteiger partial charge in [-0.2, -0.15) is 25.3 Å². The fourth-order valence-corrected chi connectivity index (χ4v) is 2.81. The molecule has 0 heterocycles. The number of hydrogen-bond acceptors (Lipinski definition) is 9. The summed E-state index contributed by atoms with van der Waals surface area (Å²) in [6.45, 7) is 0.396. The van der Waals surface area contributed by atoms with Crippen LogP contribution < -0.4 is 27.4 Å².